The average molecular weight is 979 g/mol. The Bertz CT molecular complexity index is 2180. The summed E-state index contributed by atoms with van der Waals surface area (Å²) in [6, 6.07) is 3.79. The van der Waals surface area contributed by atoms with Crippen LogP contribution in [-0.4, -0.2) is 81.3 Å². The molecular formula is C54H82F4N10O2. The third-order valence-electron chi connectivity index (χ3n) is 13.1. The summed E-state index contributed by atoms with van der Waals surface area (Å²) in [5.74, 6) is -1.36. The zero-order chi connectivity index (χ0) is 51.6. The molecule has 6 N–H and O–H groups in total. The Morgan fingerprint density at radius 1 is 0.600 bits per heavy atom. The third kappa shape index (κ3) is 16.7. The van der Waals surface area contributed by atoms with E-state index in [1.54, 1.807) is 12.7 Å². The highest BCUT2D eigenvalue weighted by Gasteiger charge is 2.30. The minimum absolute atomic E-state index is 0.0462. The number of carbonyl (C=O) groups excluding carboxylic acids is 2. The van der Waals surface area contributed by atoms with Crippen LogP contribution in [-0.2, 0) is 46.4 Å². The molecule has 2 aromatic heterocycles. The van der Waals surface area contributed by atoms with Gasteiger partial charge < -0.3 is 41.0 Å². The van der Waals surface area contributed by atoms with E-state index < -0.39 is 35.4 Å². The number of hydrogen-bond acceptors (Lipinski definition) is 8. The van der Waals surface area contributed by atoms with Crippen LogP contribution in [0.4, 0.5) is 29.2 Å². The molecule has 0 aliphatic heterocycles. The van der Waals surface area contributed by atoms with Crippen molar-refractivity contribution in [3.8, 4) is 0 Å². The van der Waals surface area contributed by atoms with Crippen molar-refractivity contribution in [1.29, 1.82) is 0 Å². The first-order chi connectivity index (χ1) is 32.8. The standard InChI is InChI=1S/2C27H41F2N5O/c2*1-7-8-23(32-20-10-9-18-11-19(28)12-22(29)21(18)13-20)25(35)33-24-14-34(17-31-24)27(5,6)16-30-15-26(2,3)4/h2*11-12,14,17,20,23,30,32H,7-10,13,15-16H2,1-6H3,(H,33,35)/t2*20-,23-/m00/s1. The fourth-order valence-electron chi connectivity index (χ4n) is 9.12. The van der Waals surface area contributed by atoms with E-state index in [4.69, 9.17) is 0 Å². The summed E-state index contributed by atoms with van der Waals surface area (Å²) in [7, 11) is 0. The van der Waals surface area contributed by atoms with Crippen molar-refractivity contribution >= 4 is 23.5 Å². The number of aromatic nitrogens is 4. The number of carbonyl (C=O) groups is 2. The molecule has 2 amide bonds. The highest BCUT2D eigenvalue weighted by Crippen LogP contribution is 2.28. The molecular weight excluding hydrogens is 897 g/mol. The monoisotopic (exact) mass is 979 g/mol. The van der Waals surface area contributed by atoms with E-state index in [0.717, 1.165) is 75.1 Å². The van der Waals surface area contributed by atoms with Crippen molar-refractivity contribution in [3.63, 3.8) is 0 Å². The third-order valence-corrected chi connectivity index (χ3v) is 13.1. The van der Waals surface area contributed by atoms with Crippen LogP contribution in [0.25, 0.3) is 0 Å². The number of halogens is 4. The molecule has 4 atom stereocenters. The molecule has 2 aliphatic rings. The maximum Gasteiger partial charge on any atom is 0.242 e. The van der Waals surface area contributed by atoms with Crippen LogP contribution in [0.15, 0.2) is 49.3 Å². The summed E-state index contributed by atoms with van der Waals surface area (Å²) >= 11 is 0. The Morgan fingerprint density at radius 2 is 0.971 bits per heavy atom. The maximum atomic E-state index is 14.3. The summed E-state index contributed by atoms with van der Waals surface area (Å²) in [5, 5.41) is 19.8. The molecule has 0 radical (unpaired) electrons. The van der Waals surface area contributed by atoms with Crippen LogP contribution in [0.2, 0.25) is 0 Å². The number of benzene rings is 2. The molecule has 388 valence electrons. The number of hydrogen-bond donors (Lipinski definition) is 6. The van der Waals surface area contributed by atoms with Crippen molar-refractivity contribution in [2.75, 3.05) is 36.8 Å². The van der Waals surface area contributed by atoms with Gasteiger partial charge in [-0.1, -0.05) is 68.2 Å². The number of nitrogens with one attached hydrogen (secondary N) is 6. The van der Waals surface area contributed by atoms with Crippen LogP contribution in [0, 0.1) is 34.1 Å². The number of rotatable bonds is 20. The molecule has 0 saturated carbocycles. The van der Waals surface area contributed by atoms with Gasteiger partial charge >= 0.3 is 0 Å². The second kappa shape index (κ2) is 24.2. The number of fused-ring (bicyclic) bond motifs is 2. The maximum absolute atomic E-state index is 14.3. The first kappa shape index (κ1) is 56.3. The van der Waals surface area contributed by atoms with Gasteiger partial charge in [0.1, 0.15) is 23.3 Å². The summed E-state index contributed by atoms with van der Waals surface area (Å²) in [4.78, 5) is 35.0. The molecule has 0 fully saturated rings. The molecule has 2 aromatic carbocycles. The smallest absolute Gasteiger partial charge is 0.242 e. The highest BCUT2D eigenvalue weighted by atomic mass is 19.1. The van der Waals surface area contributed by atoms with E-state index in [2.05, 4.69) is 111 Å². The molecule has 0 bridgehead atoms. The Morgan fingerprint density at radius 3 is 1.31 bits per heavy atom. The highest BCUT2D eigenvalue weighted by molar-refractivity contribution is 5.94. The summed E-state index contributed by atoms with van der Waals surface area (Å²) < 4.78 is 59.7. The van der Waals surface area contributed by atoms with Gasteiger partial charge in [0.15, 0.2) is 11.6 Å². The zero-order valence-electron chi connectivity index (χ0n) is 43.9. The minimum atomic E-state index is -0.538. The fraction of sp³-hybridized carbons (Fsp3) is 0.630. The van der Waals surface area contributed by atoms with Gasteiger partial charge in [0, 0.05) is 62.8 Å². The van der Waals surface area contributed by atoms with Gasteiger partial charge in [0.25, 0.3) is 0 Å². The topological polar surface area (TPSA) is 142 Å². The predicted molar refractivity (Wildman–Crippen MR) is 273 cm³/mol. The summed E-state index contributed by atoms with van der Waals surface area (Å²) in [5.41, 5.74) is 2.53. The van der Waals surface area contributed by atoms with Gasteiger partial charge in [0.05, 0.1) is 35.8 Å². The SMILES string of the molecule is CCC[C@H](N[C@H]1CCc2cc(F)cc(F)c2C1)C(=O)Nc1cn(C(C)(C)CNCC(C)(C)C)cn1.CCC[C@H](N[C@H]1CCc2cc(F)cc(F)c2C1)C(=O)Nc1cn(C(C)(C)CNCC(C)(C)C)cn1. The Labute approximate surface area is 414 Å². The van der Waals surface area contributed by atoms with Crippen LogP contribution >= 0.6 is 0 Å². The van der Waals surface area contributed by atoms with E-state index in [0.29, 0.717) is 61.3 Å². The van der Waals surface area contributed by atoms with E-state index in [1.807, 2.05) is 35.4 Å². The van der Waals surface area contributed by atoms with Crippen molar-refractivity contribution in [2.45, 2.75) is 183 Å². The summed E-state index contributed by atoms with van der Waals surface area (Å²) in [6.45, 7) is 29.1. The molecule has 12 nitrogen and oxygen atoms in total. The van der Waals surface area contributed by atoms with E-state index in [1.165, 1.54) is 12.1 Å². The van der Waals surface area contributed by atoms with Crippen molar-refractivity contribution in [1.82, 2.24) is 40.4 Å². The number of aryl methyl sites for hydroxylation is 2. The van der Waals surface area contributed by atoms with E-state index >= 15 is 0 Å². The number of imidazole rings is 2. The van der Waals surface area contributed by atoms with Gasteiger partial charge in [-0.25, -0.2) is 27.5 Å². The lowest BCUT2D eigenvalue weighted by atomic mass is 9.87. The van der Waals surface area contributed by atoms with Gasteiger partial charge in [-0.2, -0.15) is 0 Å². The number of nitrogens with zero attached hydrogens (tertiary/aromatic N) is 4. The predicted octanol–water partition coefficient (Wildman–Crippen LogP) is 9.57. The van der Waals surface area contributed by atoms with Gasteiger partial charge in [0.2, 0.25) is 11.8 Å². The fourth-order valence-corrected chi connectivity index (χ4v) is 9.12. The molecule has 2 aliphatic carbocycles. The lowest BCUT2D eigenvalue weighted by Gasteiger charge is -2.30. The minimum Gasteiger partial charge on any atom is -0.328 e. The second-order valence-corrected chi connectivity index (χ2v) is 23.2. The molecule has 6 rings (SSSR count). The molecule has 0 spiro atoms. The molecule has 0 saturated heterocycles. The average Bonchev–Trinajstić information content (AvgIpc) is 3.94. The quantitative estimate of drug-likeness (QED) is 0.0482. The van der Waals surface area contributed by atoms with Crippen LogP contribution in [0.3, 0.4) is 0 Å². The molecule has 4 aromatic rings. The first-order valence-corrected chi connectivity index (χ1v) is 25.3. The van der Waals surface area contributed by atoms with E-state index in [9.17, 15) is 27.2 Å². The molecule has 2 heterocycles. The van der Waals surface area contributed by atoms with Crippen molar-refractivity contribution in [2.24, 2.45) is 10.8 Å². The van der Waals surface area contributed by atoms with Gasteiger partial charge in [-0.15, -0.1) is 0 Å². The van der Waals surface area contributed by atoms with Crippen LogP contribution in [0.5, 0.6) is 0 Å². The lowest BCUT2D eigenvalue weighted by Crippen LogP contribution is -2.48. The van der Waals surface area contributed by atoms with Crippen LogP contribution in [0.1, 0.15) is 144 Å². The molecule has 70 heavy (non-hydrogen) atoms. The first-order valence-electron chi connectivity index (χ1n) is 25.3. The zero-order valence-corrected chi connectivity index (χ0v) is 43.9. The van der Waals surface area contributed by atoms with Crippen molar-refractivity contribution in [3.05, 3.63) is 94.8 Å². The Hall–Kier alpha value is -4.64. The Kier molecular flexibility index (Phi) is 19.4. The normalized spacial score (nSPS) is 17.2. The summed E-state index contributed by atoms with van der Waals surface area (Å²) in [6.07, 6.45) is 13.7. The molecule has 0 unspecified atom stereocenters. The van der Waals surface area contributed by atoms with Crippen LogP contribution < -0.4 is 31.9 Å². The Balaban J connectivity index is 0.000000261. The lowest BCUT2D eigenvalue weighted by molar-refractivity contribution is -0.119. The van der Waals surface area contributed by atoms with Crippen molar-refractivity contribution < 1.29 is 27.2 Å². The van der Waals surface area contributed by atoms with E-state index in [-0.39, 0.29) is 45.8 Å². The second-order valence-electron chi connectivity index (χ2n) is 23.2. The van der Waals surface area contributed by atoms with Gasteiger partial charge in [-0.3, -0.25) is 9.59 Å². The number of anilines is 2. The van der Waals surface area contributed by atoms with Gasteiger partial charge in [-0.05, 0) is 124 Å². The largest absolute Gasteiger partial charge is 0.328 e. The number of amides is 2. The molecule has 16 heteroatoms.